The van der Waals surface area contributed by atoms with E-state index in [-0.39, 0.29) is 24.3 Å². The summed E-state index contributed by atoms with van der Waals surface area (Å²) < 4.78 is 5.14. The molecule has 0 aliphatic carbocycles. The predicted molar refractivity (Wildman–Crippen MR) is 78.0 cm³/mol. The molecule has 1 saturated heterocycles. The maximum absolute atomic E-state index is 12.3. The van der Waals surface area contributed by atoms with Gasteiger partial charge in [-0.25, -0.2) is 4.79 Å². The Balaban J connectivity index is 2.06. The van der Waals surface area contributed by atoms with Crippen LogP contribution >= 0.6 is 0 Å². The number of benzene rings is 1. The van der Waals surface area contributed by atoms with Gasteiger partial charge < -0.3 is 15.2 Å². The molecule has 1 aromatic carbocycles. The van der Waals surface area contributed by atoms with Gasteiger partial charge in [0, 0.05) is 19.4 Å². The Morgan fingerprint density at radius 2 is 2.00 bits per heavy atom. The van der Waals surface area contributed by atoms with Crippen LogP contribution in [-0.2, 0) is 19.7 Å². The zero-order valence-electron chi connectivity index (χ0n) is 12.4. The molecule has 1 fully saturated rings. The van der Waals surface area contributed by atoms with E-state index in [0.29, 0.717) is 13.0 Å². The van der Waals surface area contributed by atoms with Gasteiger partial charge in [-0.15, -0.1) is 0 Å². The second-order valence-electron chi connectivity index (χ2n) is 6.16. The predicted octanol–water partition coefficient (Wildman–Crippen LogP) is 1.71. The number of hydrogen-bond acceptors (Lipinski definition) is 3. The number of carbonyl (C=O) groups is 2. The number of rotatable bonds is 5. The maximum Gasteiger partial charge on any atom is 0.331 e. The highest BCUT2D eigenvalue weighted by Crippen LogP contribution is 2.27. The smallest absolute Gasteiger partial charge is 0.331 e. The van der Waals surface area contributed by atoms with Crippen molar-refractivity contribution >= 4 is 11.9 Å². The van der Waals surface area contributed by atoms with Crippen molar-refractivity contribution in [1.82, 2.24) is 5.32 Å². The van der Waals surface area contributed by atoms with Gasteiger partial charge in [-0.05, 0) is 11.0 Å². The van der Waals surface area contributed by atoms with Crippen LogP contribution in [0.25, 0.3) is 0 Å². The Morgan fingerprint density at radius 3 is 2.52 bits per heavy atom. The molecule has 1 aliphatic rings. The van der Waals surface area contributed by atoms with E-state index in [1.54, 1.807) is 0 Å². The summed E-state index contributed by atoms with van der Waals surface area (Å²) >= 11 is 0. The van der Waals surface area contributed by atoms with E-state index in [0.717, 1.165) is 5.56 Å². The van der Waals surface area contributed by atoms with Crippen molar-refractivity contribution in [2.24, 2.45) is 0 Å². The molecular weight excluding hydrogens is 270 g/mol. The minimum absolute atomic E-state index is 0.0276. The molecule has 1 amide bonds. The van der Waals surface area contributed by atoms with Gasteiger partial charge in [-0.3, -0.25) is 4.79 Å². The summed E-state index contributed by atoms with van der Waals surface area (Å²) in [5.74, 6) is -1.30. The summed E-state index contributed by atoms with van der Waals surface area (Å²) in [5.41, 5.74) is -0.582. The minimum Gasteiger partial charge on any atom is -0.479 e. The number of carboxylic acid groups (broad SMARTS) is 1. The van der Waals surface area contributed by atoms with Crippen molar-refractivity contribution in [1.29, 1.82) is 0 Å². The lowest BCUT2D eigenvalue weighted by Gasteiger charge is -2.28. The molecule has 5 nitrogen and oxygen atoms in total. The van der Waals surface area contributed by atoms with Crippen LogP contribution in [0.1, 0.15) is 32.3 Å². The monoisotopic (exact) mass is 291 g/mol. The van der Waals surface area contributed by atoms with Crippen molar-refractivity contribution in [3.8, 4) is 0 Å². The van der Waals surface area contributed by atoms with Gasteiger partial charge in [-0.1, -0.05) is 44.2 Å². The molecule has 1 heterocycles. The van der Waals surface area contributed by atoms with Crippen LogP contribution in [0.5, 0.6) is 0 Å². The summed E-state index contributed by atoms with van der Waals surface area (Å²) in [6, 6.07) is 9.73. The lowest BCUT2D eigenvalue weighted by molar-refractivity contribution is -0.147. The van der Waals surface area contributed by atoms with Crippen LogP contribution in [0.15, 0.2) is 30.3 Å². The first-order valence-electron chi connectivity index (χ1n) is 7.03. The molecule has 1 unspecified atom stereocenters. The third-order valence-electron chi connectivity index (χ3n) is 3.97. The Labute approximate surface area is 124 Å². The lowest BCUT2D eigenvalue weighted by Crippen LogP contribution is -2.55. The maximum atomic E-state index is 12.3. The third kappa shape index (κ3) is 3.42. The third-order valence-corrected chi connectivity index (χ3v) is 3.97. The van der Waals surface area contributed by atoms with E-state index in [2.05, 4.69) is 5.32 Å². The molecule has 0 spiro atoms. The zero-order chi connectivity index (χ0) is 15.5. The standard InChI is InChI=1S/C16H21NO4/c1-15(2,12-6-4-3-5-7-12)10-13(18)17-16(14(19)20)8-9-21-11-16/h3-7H,8-11H2,1-2H3,(H,17,18)(H,19,20). The van der Waals surface area contributed by atoms with Crippen LogP contribution in [0.4, 0.5) is 0 Å². The number of ether oxygens (including phenoxy) is 1. The molecule has 0 aromatic heterocycles. The molecule has 5 heteroatoms. The molecule has 1 aromatic rings. The Bertz CT molecular complexity index is 518. The van der Waals surface area contributed by atoms with E-state index in [1.807, 2.05) is 44.2 Å². The van der Waals surface area contributed by atoms with E-state index in [1.165, 1.54) is 0 Å². The van der Waals surface area contributed by atoms with Gasteiger partial charge in [0.2, 0.25) is 5.91 Å². The summed E-state index contributed by atoms with van der Waals surface area (Å²) in [7, 11) is 0. The number of carboxylic acids is 1. The van der Waals surface area contributed by atoms with E-state index in [9.17, 15) is 14.7 Å². The quantitative estimate of drug-likeness (QED) is 0.866. The van der Waals surface area contributed by atoms with Crippen LogP contribution in [0.2, 0.25) is 0 Å². The number of carbonyl (C=O) groups excluding carboxylic acids is 1. The molecule has 21 heavy (non-hydrogen) atoms. The van der Waals surface area contributed by atoms with Gasteiger partial charge in [0.05, 0.1) is 6.61 Å². The van der Waals surface area contributed by atoms with Gasteiger partial charge in [-0.2, -0.15) is 0 Å². The molecule has 114 valence electrons. The molecule has 2 rings (SSSR count). The molecule has 2 N–H and O–H groups in total. The average molecular weight is 291 g/mol. The number of amides is 1. The summed E-state index contributed by atoms with van der Waals surface area (Å²) in [6.45, 7) is 4.33. The fraction of sp³-hybridized carbons (Fsp3) is 0.500. The molecule has 0 saturated carbocycles. The van der Waals surface area contributed by atoms with Crippen LogP contribution in [0, 0.1) is 0 Å². The van der Waals surface area contributed by atoms with Gasteiger partial charge >= 0.3 is 5.97 Å². The molecule has 1 aliphatic heterocycles. The lowest BCUT2D eigenvalue weighted by atomic mass is 9.81. The number of hydrogen-bond donors (Lipinski definition) is 2. The minimum atomic E-state index is -1.27. The highest BCUT2D eigenvalue weighted by atomic mass is 16.5. The van der Waals surface area contributed by atoms with Gasteiger partial charge in [0.15, 0.2) is 5.54 Å². The van der Waals surface area contributed by atoms with Crippen molar-refractivity contribution in [3.63, 3.8) is 0 Å². The molecule has 0 radical (unpaired) electrons. The first kappa shape index (κ1) is 15.5. The highest BCUT2D eigenvalue weighted by Gasteiger charge is 2.44. The van der Waals surface area contributed by atoms with Crippen molar-refractivity contribution in [2.75, 3.05) is 13.2 Å². The van der Waals surface area contributed by atoms with E-state index in [4.69, 9.17) is 4.74 Å². The van der Waals surface area contributed by atoms with Crippen LogP contribution in [0.3, 0.4) is 0 Å². The zero-order valence-corrected chi connectivity index (χ0v) is 12.4. The SMILES string of the molecule is CC(C)(CC(=O)NC1(C(=O)O)CCOC1)c1ccccc1. The number of aliphatic carboxylic acids is 1. The molecular formula is C16H21NO4. The highest BCUT2D eigenvalue weighted by molar-refractivity contribution is 5.88. The van der Waals surface area contributed by atoms with E-state index >= 15 is 0 Å². The van der Waals surface area contributed by atoms with Crippen LogP contribution in [-0.4, -0.2) is 35.7 Å². The normalized spacial score (nSPS) is 22.0. The summed E-state index contributed by atoms with van der Waals surface area (Å²) in [6.07, 6.45) is 0.534. The molecule has 0 bridgehead atoms. The summed E-state index contributed by atoms with van der Waals surface area (Å²) in [5, 5.41) is 12.0. The van der Waals surface area contributed by atoms with Crippen molar-refractivity contribution < 1.29 is 19.4 Å². The summed E-state index contributed by atoms with van der Waals surface area (Å²) in [4.78, 5) is 23.7. The second kappa shape index (κ2) is 5.85. The number of nitrogens with one attached hydrogen (secondary N) is 1. The topological polar surface area (TPSA) is 75.6 Å². The first-order chi connectivity index (χ1) is 9.86. The van der Waals surface area contributed by atoms with Crippen molar-refractivity contribution in [3.05, 3.63) is 35.9 Å². The van der Waals surface area contributed by atoms with E-state index < -0.39 is 11.5 Å². The van der Waals surface area contributed by atoms with Gasteiger partial charge in [0.1, 0.15) is 0 Å². The van der Waals surface area contributed by atoms with Crippen LogP contribution < -0.4 is 5.32 Å². The molecule has 1 atom stereocenters. The van der Waals surface area contributed by atoms with Gasteiger partial charge in [0.25, 0.3) is 0 Å². The average Bonchev–Trinajstić information content (AvgIpc) is 2.89. The van der Waals surface area contributed by atoms with Crippen molar-refractivity contribution in [2.45, 2.75) is 37.6 Å². The largest absolute Gasteiger partial charge is 0.479 e. The Morgan fingerprint density at radius 1 is 1.33 bits per heavy atom. The Hall–Kier alpha value is -1.88. The first-order valence-corrected chi connectivity index (χ1v) is 7.03. The fourth-order valence-electron chi connectivity index (χ4n) is 2.59. The fourth-order valence-corrected chi connectivity index (χ4v) is 2.59. The Kier molecular flexibility index (Phi) is 4.32. The second-order valence-corrected chi connectivity index (χ2v) is 6.16.